The quantitative estimate of drug-likeness (QED) is 0.735. The molecule has 0 radical (unpaired) electrons. The zero-order chi connectivity index (χ0) is 9.97. The number of hydrogen-bond acceptors (Lipinski definition) is 2. The number of amides is 1. The fourth-order valence-corrected chi connectivity index (χ4v) is 1.43. The Bertz CT molecular complexity index is 323. The van der Waals surface area contributed by atoms with Gasteiger partial charge in [0.1, 0.15) is 0 Å². The minimum atomic E-state index is 0.0544. The minimum Gasteiger partial charge on any atom is -0.352 e. The maximum Gasteiger partial charge on any atom is 0.225 e. The summed E-state index contributed by atoms with van der Waals surface area (Å²) in [6, 6.07) is 9.96. The molecule has 0 heterocycles. The Kier molecular flexibility index (Phi) is 2.50. The Hall–Kier alpha value is -1.35. The maximum absolute atomic E-state index is 11.4. The summed E-state index contributed by atoms with van der Waals surface area (Å²) in [6.07, 6.45) is 0.834. The van der Waals surface area contributed by atoms with E-state index in [2.05, 4.69) is 5.32 Å². The summed E-state index contributed by atoms with van der Waals surface area (Å²) in [6.45, 7) is 0.600. The first kappa shape index (κ1) is 9.21. The van der Waals surface area contributed by atoms with Gasteiger partial charge in [-0.3, -0.25) is 4.79 Å². The monoisotopic (exact) mass is 190 g/mol. The SMILES string of the molecule is NC1CC1C(=O)NCc1ccccc1. The fourth-order valence-electron chi connectivity index (χ4n) is 1.43. The van der Waals surface area contributed by atoms with Gasteiger partial charge in [-0.1, -0.05) is 30.3 Å². The standard InChI is InChI=1S/C11H14N2O/c12-10-6-9(10)11(14)13-7-8-4-2-1-3-5-8/h1-5,9-10H,6-7,12H2,(H,13,14). The Balaban J connectivity index is 1.80. The molecule has 0 aromatic heterocycles. The highest BCUT2D eigenvalue weighted by Crippen LogP contribution is 2.27. The van der Waals surface area contributed by atoms with Gasteiger partial charge in [0.2, 0.25) is 5.91 Å². The van der Waals surface area contributed by atoms with Crippen LogP contribution in [0.15, 0.2) is 30.3 Å². The molecule has 1 aromatic rings. The number of benzene rings is 1. The number of carbonyl (C=O) groups is 1. The van der Waals surface area contributed by atoms with E-state index in [1.165, 1.54) is 0 Å². The minimum absolute atomic E-state index is 0.0544. The Morgan fingerprint density at radius 3 is 2.64 bits per heavy atom. The molecule has 1 saturated carbocycles. The van der Waals surface area contributed by atoms with Crippen LogP contribution >= 0.6 is 0 Å². The summed E-state index contributed by atoms with van der Waals surface area (Å²) >= 11 is 0. The molecule has 74 valence electrons. The third kappa shape index (κ3) is 2.12. The lowest BCUT2D eigenvalue weighted by Gasteiger charge is -2.03. The van der Waals surface area contributed by atoms with Crippen molar-refractivity contribution in [2.75, 3.05) is 0 Å². The van der Waals surface area contributed by atoms with Crippen molar-refractivity contribution in [3.63, 3.8) is 0 Å². The second-order valence-electron chi connectivity index (χ2n) is 3.71. The van der Waals surface area contributed by atoms with Crippen LogP contribution in [0.5, 0.6) is 0 Å². The number of rotatable bonds is 3. The largest absolute Gasteiger partial charge is 0.352 e. The van der Waals surface area contributed by atoms with E-state index in [1.807, 2.05) is 30.3 Å². The van der Waals surface area contributed by atoms with E-state index in [0.717, 1.165) is 12.0 Å². The molecule has 0 saturated heterocycles. The molecule has 14 heavy (non-hydrogen) atoms. The number of hydrogen-bond donors (Lipinski definition) is 2. The van der Waals surface area contributed by atoms with Crippen LogP contribution in [0.1, 0.15) is 12.0 Å². The van der Waals surface area contributed by atoms with Crippen LogP contribution in [0.25, 0.3) is 0 Å². The molecule has 1 aliphatic carbocycles. The number of carbonyl (C=O) groups excluding carboxylic acids is 1. The van der Waals surface area contributed by atoms with Crippen molar-refractivity contribution in [1.82, 2.24) is 5.32 Å². The van der Waals surface area contributed by atoms with Crippen molar-refractivity contribution >= 4 is 5.91 Å². The summed E-state index contributed by atoms with van der Waals surface area (Å²) in [5.74, 6) is 0.139. The Labute approximate surface area is 83.3 Å². The lowest BCUT2D eigenvalue weighted by atomic mass is 10.2. The fraction of sp³-hybridized carbons (Fsp3) is 0.364. The highest BCUT2D eigenvalue weighted by molar-refractivity contribution is 5.82. The van der Waals surface area contributed by atoms with Gasteiger partial charge in [-0.05, 0) is 12.0 Å². The van der Waals surface area contributed by atoms with Crippen LogP contribution in [-0.2, 0) is 11.3 Å². The third-order valence-corrected chi connectivity index (χ3v) is 2.49. The van der Waals surface area contributed by atoms with E-state index in [1.54, 1.807) is 0 Å². The topological polar surface area (TPSA) is 55.1 Å². The van der Waals surface area contributed by atoms with E-state index in [-0.39, 0.29) is 17.9 Å². The van der Waals surface area contributed by atoms with E-state index >= 15 is 0 Å². The average Bonchev–Trinajstić information content (AvgIpc) is 2.94. The lowest BCUT2D eigenvalue weighted by molar-refractivity contribution is -0.122. The second-order valence-corrected chi connectivity index (χ2v) is 3.71. The van der Waals surface area contributed by atoms with Crippen molar-refractivity contribution in [2.24, 2.45) is 11.7 Å². The number of nitrogens with two attached hydrogens (primary N) is 1. The molecule has 0 spiro atoms. The van der Waals surface area contributed by atoms with Crippen LogP contribution in [-0.4, -0.2) is 11.9 Å². The molecule has 3 N–H and O–H groups in total. The molecule has 1 aliphatic rings. The van der Waals surface area contributed by atoms with Crippen LogP contribution in [0.3, 0.4) is 0 Å². The van der Waals surface area contributed by atoms with Gasteiger partial charge in [0.25, 0.3) is 0 Å². The lowest BCUT2D eigenvalue weighted by Crippen LogP contribution is -2.26. The maximum atomic E-state index is 11.4. The molecule has 2 atom stereocenters. The van der Waals surface area contributed by atoms with Crippen molar-refractivity contribution in [1.29, 1.82) is 0 Å². The molecular formula is C11H14N2O. The van der Waals surface area contributed by atoms with Gasteiger partial charge in [-0.2, -0.15) is 0 Å². The molecule has 3 nitrogen and oxygen atoms in total. The first-order valence-electron chi connectivity index (χ1n) is 4.84. The summed E-state index contributed by atoms with van der Waals surface area (Å²) in [7, 11) is 0. The molecule has 2 unspecified atom stereocenters. The van der Waals surface area contributed by atoms with Crippen LogP contribution in [0, 0.1) is 5.92 Å². The van der Waals surface area contributed by atoms with Crippen LogP contribution in [0.2, 0.25) is 0 Å². The Morgan fingerprint density at radius 1 is 1.43 bits per heavy atom. The summed E-state index contributed by atoms with van der Waals surface area (Å²) in [4.78, 5) is 11.4. The van der Waals surface area contributed by atoms with Crippen molar-refractivity contribution in [3.8, 4) is 0 Å². The number of nitrogens with one attached hydrogen (secondary N) is 1. The smallest absolute Gasteiger partial charge is 0.225 e. The average molecular weight is 190 g/mol. The van der Waals surface area contributed by atoms with E-state index in [4.69, 9.17) is 5.73 Å². The predicted molar refractivity (Wildman–Crippen MR) is 54.4 cm³/mol. The van der Waals surface area contributed by atoms with E-state index < -0.39 is 0 Å². The van der Waals surface area contributed by atoms with Gasteiger partial charge in [-0.25, -0.2) is 0 Å². The van der Waals surface area contributed by atoms with E-state index in [9.17, 15) is 4.79 Å². The summed E-state index contributed by atoms with van der Waals surface area (Å²) in [5.41, 5.74) is 6.70. The second kappa shape index (κ2) is 3.80. The van der Waals surface area contributed by atoms with Crippen molar-refractivity contribution in [3.05, 3.63) is 35.9 Å². The first-order chi connectivity index (χ1) is 6.77. The molecule has 0 bridgehead atoms. The molecular weight excluding hydrogens is 176 g/mol. The summed E-state index contributed by atoms with van der Waals surface area (Å²) < 4.78 is 0. The Morgan fingerprint density at radius 2 is 2.07 bits per heavy atom. The zero-order valence-electron chi connectivity index (χ0n) is 7.94. The normalized spacial score (nSPS) is 24.4. The highest BCUT2D eigenvalue weighted by atomic mass is 16.2. The van der Waals surface area contributed by atoms with Crippen molar-refractivity contribution < 1.29 is 4.79 Å². The highest BCUT2D eigenvalue weighted by Gasteiger charge is 2.39. The van der Waals surface area contributed by atoms with Gasteiger partial charge in [-0.15, -0.1) is 0 Å². The molecule has 2 rings (SSSR count). The summed E-state index contributed by atoms with van der Waals surface area (Å²) in [5, 5.41) is 2.87. The van der Waals surface area contributed by atoms with E-state index in [0.29, 0.717) is 6.54 Å². The predicted octanol–water partition coefficient (Wildman–Crippen LogP) is 0.650. The molecule has 0 aliphatic heterocycles. The van der Waals surface area contributed by atoms with Crippen molar-refractivity contribution in [2.45, 2.75) is 19.0 Å². The molecule has 1 fully saturated rings. The van der Waals surface area contributed by atoms with Gasteiger partial charge in [0.05, 0.1) is 5.92 Å². The first-order valence-corrected chi connectivity index (χ1v) is 4.84. The molecule has 1 amide bonds. The third-order valence-electron chi connectivity index (χ3n) is 2.49. The van der Waals surface area contributed by atoms with Gasteiger partial charge >= 0.3 is 0 Å². The van der Waals surface area contributed by atoms with Crippen LogP contribution < -0.4 is 11.1 Å². The molecule has 3 heteroatoms. The zero-order valence-corrected chi connectivity index (χ0v) is 7.94. The van der Waals surface area contributed by atoms with Crippen LogP contribution in [0.4, 0.5) is 0 Å². The molecule has 1 aromatic carbocycles. The van der Waals surface area contributed by atoms with Gasteiger partial charge in [0.15, 0.2) is 0 Å². The van der Waals surface area contributed by atoms with Gasteiger partial charge < -0.3 is 11.1 Å². The van der Waals surface area contributed by atoms with Gasteiger partial charge in [0, 0.05) is 12.6 Å².